The third kappa shape index (κ3) is 6.23. The second kappa shape index (κ2) is 11.5. The summed E-state index contributed by atoms with van der Waals surface area (Å²) >= 11 is 0. The standard InChI is InChI=1S/C25H34N4O3/c1-4-32-17-7-12-26-25(27-22-10-6-9-21(18-22)24(30)31)29-15-13-28(14-16-29)23-11-5-8-19(2)20(23)3/h5-6,8-11,18H,4,7,12-17H2,1-3H3,(H,26,27)(H,30,31). The van der Waals surface area contributed by atoms with E-state index in [4.69, 9.17) is 9.73 Å². The Hall–Kier alpha value is -3.06. The highest BCUT2D eigenvalue weighted by molar-refractivity contribution is 5.96. The first kappa shape index (κ1) is 23.6. The van der Waals surface area contributed by atoms with Gasteiger partial charge in [0.25, 0.3) is 0 Å². The minimum absolute atomic E-state index is 0.255. The van der Waals surface area contributed by atoms with Crippen LogP contribution in [0, 0.1) is 13.8 Å². The molecule has 0 spiro atoms. The van der Waals surface area contributed by atoms with Crippen molar-refractivity contribution in [2.24, 2.45) is 4.99 Å². The summed E-state index contributed by atoms with van der Waals surface area (Å²) in [5.74, 6) is -0.157. The van der Waals surface area contributed by atoms with E-state index >= 15 is 0 Å². The number of aromatic carboxylic acids is 1. The lowest BCUT2D eigenvalue weighted by molar-refractivity contribution is 0.0697. The van der Waals surface area contributed by atoms with Gasteiger partial charge in [-0.15, -0.1) is 0 Å². The second-order valence-electron chi connectivity index (χ2n) is 7.96. The maximum Gasteiger partial charge on any atom is 0.335 e. The van der Waals surface area contributed by atoms with Crippen molar-refractivity contribution in [2.75, 3.05) is 56.2 Å². The van der Waals surface area contributed by atoms with Gasteiger partial charge < -0.3 is 25.0 Å². The van der Waals surface area contributed by atoms with Crippen LogP contribution in [0.1, 0.15) is 34.8 Å². The number of hydrogen-bond acceptors (Lipinski definition) is 4. The third-order valence-electron chi connectivity index (χ3n) is 5.77. The molecule has 1 aliphatic rings. The predicted molar refractivity (Wildman–Crippen MR) is 130 cm³/mol. The molecule has 2 N–H and O–H groups in total. The van der Waals surface area contributed by atoms with Crippen molar-refractivity contribution in [3.8, 4) is 0 Å². The van der Waals surface area contributed by atoms with Crippen molar-refractivity contribution in [1.82, 2.24) is 4.90 Å². The average molecular weight is 439 g/mol. The Labute approximate surface area is 190 Å². The number of guanidine groups is 1. The van der Waals surface area contributed by atoms with Crippen LogP contribution in [0.25, 0.3) is 0 Å². The van der Waals surface area contributed by atoms with Crippen LogP contribution < -0.4 is 10.2 Å². The van der Waals surface area contributed by atoms with E-state index in [0.717, 1.165) is 44.2 Å². The molecule has 1 heterocycles. The highest BCUT2D eigenvalue weighted by Gasteiger charge is 2.21. The molecule has 7 nitrogen and oxygen atoms in total. The van der Waals surface area contributed by atoms with Crippen LogP contribution in [0.15, 0.2) is 47.5 Å². The van der Waals surface area contributed by atoms with Crippen LogP contribution in [0.4, 0.5) is 11.4 Å². The van der Waals surface area contributed by atoms with Gasteiger partial charge in [0.05, 0.1) is 5.56 Å². The van der Waals surface area contributed by atoms with Crippen molar-refractivity contribution in [2.45, 2.75) is 27.2 Å². The van der Waals surface area contributed by atoms with Crippen LogP contribution in [0.5, 0.6) is 0 Å². The Morgan fingerprint density at radius 2 is 1.88 bits per heavy atom. The summed E-state index contributed by atoms with van der Waals surface area (Å²) in [7, 11) is 0. The summed E-state index contributed by atoms with van der Waals surface area (Å²) in [6.07, 6.45) is 0.844. The Morgan fingerprint density at radius 1 is 1.12 bits per heavy atom. The summed E-state index contributed by atoms with van der Waals surface area (Å²) in [6, 6.07) is 13.3. The van der Waals surface area contributed by atoms with Crippen LogP contribution in [-0.4, -0.2) is 67.9 Å². The molecule has 0 atom stereocenters. The molecule has 1 aliphatic heterocycles. The molecule has 0 radical (unpaired) electrons. The van der Waals surface area contributed by atoms with E-state index in [9.17, 15) is 9.90 Å². The van der Waals surface area contributed by atoms with E-state index < -0.39 is 5.97 Å². The van der Waals surface area contributed by atoms with Crippen molar-refractivity contribution in [1.29, 1.82) is 0 Å². The van der Waals surface area contributed by atoms with Gasteiger partial charge in [-0.1, -0.05) is 18.2 Å². The number of ether oxygens (including phenoxy) is 1. The third-order valence-corrected chi connectivity index (χ3v) is 5.77. The van der Waals surface area contributed by atoms with E-state index in [1.165, 1.54) is 16.8 Å². The van der Waals surface area contributed by atoms with E-state index in [1.807, 2.05) is 13.0 Å². The largest absolute Gasteiger partial charge is 0.478 e. The SMILES string of the molecule is CCOCCCN=C(Nc1cccc(C(=O)O)c1)N1CCN(c2cccc(C)c2C)CC1. The fraction of sp³-hybridized carbons (Fsp3) is 0.440. The van der Waals surface area contributed by atoms with Gasteiger partial charge in [-0.3, -0.25) is 4.99 Å². The lowest BCUT2D eigenvalue weighted by Gasteiger charge is -2.38. The first-order valence-corrected chi connectivity index (χ1v) is 11.3. The van der Waals surface area contributed by atoms with E-state index in [1.54, 1.807) is 18.2 Å². The second-order valence-corrected chi connectivity index (χ2v) is 7.96. The molecule has 2 aromatic carbocycles. The number of rotatable bonds is 8. The van der Waals surface area contributed by atoms with E-state index in [2.05, 4.69) is 47.2 Å². The Bertz CT molecular complexity index is 937. The average Bonchev–Trinajstić information content (AvgIpc) is 2.80. The van der Waals surface area contributed by atoms with Gasteiger partial charge in [0.2, 0.25) is 0 Å². The number of hydrogen-bond donors (Lipinski definition) is 2. The van der Waals surface area contributed by atoms with Crippen molar-refractivity contribution < 1.29 is 14.6 Å². The number of aryl methyl sites for hydroxylation is 1. The summed E-state index contributed by atoms with van der Waals surface area (Å²) in [5, 5.41) is 12.7. The molecular formula is C25H34N4O3. The Morgan fingerprint density at radius 3 is 2.59 bits per heavy atom. The number of nitrogens with one attached hydrogen (secondary N) is 1. The monoisotopic (exact) mass is 438 g/mol. The zero-order chi connectivity index (χ0) is 22.9. The molecule has 3 rings (SSSR count). The molecule has 0 aromatic heterocycles. The van der Waals surface area contributed by atoms with Crippen LogP contribution >= 0.6 is 0 Å². The van der Waals surface area contributed by atoms with Crippen LogP contribution in [-0.2, 0) is 4.74 Å². The number of carboxylic acids is 1. The molecule has 32 heavy (non-hydrogen) atoms. The van der Waals surface area contributed by atoms with Crippen LogP contribution in [0.2, 0.25) is 0 Å². The van der Waals surface area contributed by atoms with Crippen molar-refractivity contribution >= 4 is 23.3 Å². The molecule has 0 bridgehead atoms. The number of benzene rings is 2. The summed E-state index contributed by atoms with van der Waals surface area (Å²) < 4.78 is 5.43. The first-order chi connectivity index (χ1) is 15.5. The van der Waals surface area contributed by atoms with Gasteiger partial charge in [-0.2, -0.15) is 0 Å². The van der Waals surface area contributed by atoms with Gasteiger partial charge in [0.15, 0.2) is 5.96 Å². The van der Waals surface area contributed by atoms with Gasteiger partial charge in [-0.25, -0.2) is 4.79 Å². The molecule has 0 unspecified atom stereocenters. The maximum absolute atomic E-state index is 11.3. The highest BCUT2D eigenvalue weighted by Crippen LogP contribution is 2.24. The predicted octanol–water partition coefficient (Wildman–Crippen LogP) is 4.02. The number of anilines is 2. The van der Waals surface area contributed by atoms with Gasteiger partial charge >= 0.3 is 5.97 Å². The van der Waals surface area contributed by atoms with Gasteiger partial charge in [-0.05, 0) is 62.6 Å². The number of aliphatic imine (C=N–C) groups is 1. The number of nitrogens with zero attached hydrogens (tertiary/aromatic N) is 3. The molecule has 0 amide bonds. The Balaban J connectivity index is 1.71. The molecule has 2 aromatic rings. The zero-order valence-corrected chi connectivity index (χ0v) is 19.3. The quantitative estimate of drug-likeness (QED) is 0.368. The minimum atomic E-state index is -0.939. The first-order valence-electron chi connectivity index (χ1n) is 11.3. The van der Waals surface area contributed by atoms with Gasteiger partial charge in [0, 0.05) is 57.3 Å². The molecule has 7 heteroatoms. The summed E-state index contributed by atoms with van der Waals surface area (Å²) in [6.45, 7) is 11.8. The molecule has 0 aliphatic carbocycles. The molecule has 0 saturated carbocycles. The summed E-state index contributed by atoms with van der Waals surface area (Å²) in [4.78, 5) is 20.8. The zero-order valence-electron chi connectivity index (χ0n) is 19.3. The van der Waals surface area contributed by atoms with E-state index in [-0.39, 0.29) is 5.56 Å². The van der Waals surface area contributed by atoms with E-state index in [0.29, 0.717) is 19.8 Å². The van der Waals surface area contributed by atoms with Crippen LogP contribution in [0.3, 0.4) is 0 Å². The maximum atomic E-state index is 11.3. The number of carbonyl (C=O) groups is 1. The van der Waals surface area contributed by atoms with Crippen molar-refractivity contribution in [3.05, 3.63) is 59.2 Å². The fourth-order valence-corrected chi connectivity index (χ4v) is 3.81. The normalized spacial score (nSPS) is 14.5. The highest BCUT2D eigenvalue weighted by atomic mass is 16.5. The molecule has 172 valence electrons. The Kier molecular flexibility index (Phi) is 8.50. The number of carboxylic acid groups (broad SMARTS) is 1. The molecule has 1 saturated heterocycles. The fourth-order valence-electron chi connectivity index (χ4n) is 3.81. The summed E-state index contributed by atoms with van der Waals surface area (Å²) in [5.41, 5.74) is 4.91. The van der Waals surface area contributed by atoms with Gasteiger partial charge in [0.1, 0.15) is 0 Å². The topological polar surface area (TPSA) is 77.4 Å². The number of piperazine rings is 1. The van der Waals surface area contributed by atoms with Crippen molar-refractivity contribution in [3.63, 3.8) is 0 Å². The smallest absolute Gasteiger partial charge is 0.335 e. The lowest BCUT2D eigenvalue weighted by Crippen LogP contribution is -2.51. The molecular weight excluding hydrogens is 404 g/mol. The minimum Gasteiger partial charge on any atom is -0.478 e. The molecule has 1 fully saturated rings. The lowest BCUT2D eigenvalue weighted by atomic mass is 10.1.